The normalized spacial score (nSPS) is 19.8. The molecular formula is C21H20N2O3. The highest BCUT2D eigenvalue weighted by Crippen LogP contribution is 2.37. The zero-order valence-corrected chi connectivity index (χ0v) is 14.3. The van der Waals surface area contributed by atoms with Gasteiger partial charge in [-0.25, -0.2) is 0 Å². The summed E-state index contributed by atoms with van der Waals surface area (Å²) in [6, 6.07) is 18.3. The molecule has 0 radical (unpaired) electrons. The van der Waals surface area contributed by atoms with Crippen molar-refractivity contribution in [3.8, 4) is 6.07 Å². The minimum Gasteiger partial charge on any atom is -0.481 e. The number of carboxylic acids is 1. The summed E-state index contributed by atoms with van der Waals surface area (Å²) in [6.45, 7) is 0.452. The molecule has 3 rings (SSSR count). The fourth-order valence-electron chi connectivity index (χ4n) is 3.57. The average molecular weight is 348 g/mol. The number of carbonyl (C=O) groups excluding carboxylic acids is 1. The first-order valence-corrected chi connectivity index (χ1v) is 8.66. The van der Waals surface area contributed by atoms with Gasteiger partial charge in [-0.3, -0.25) is 9.59 Å². The molecule has 2 aromatic carbocycles. The van der Waals surface area contributed by atoms with Gasteiger partial charge in [0.05, 0.1) is 23.6 Å². The molecule has 0 bridgehead atoms. The Morgan fingerprint density at radius 3 is 2.65 bits per heavy atom. The lowest BCUT2D eigenvalue weighted by atomic mass is 9.83. The number of aliphatic carboxylic acids is 1. The summed E-state index contributed by atoms with van der Waals surface area (Å²) in [5, 5.41) is 18.8. The van der Waals surface area contributed by atoms with Crippen molar-refractivity contribution in [2.45, 2.75) is 25.3 Å². The van der Waals surface area contributed by atoms with Crippen molar-refractivity contribution in [1.29, 1.82) is 5.26 Å². The van der Waals surface area contributed by atoms with Gasteiger partial charge in [-0.05, 0) is 36.1 Å². The van der Waals surface area contributed by atoms with Crippen molar-refractivity contribution in [3.63, 3.8) is 0 Å². The molecule has 132 valence electrons. The smallest absolute Gasteiger partial charge is 0.308 e. The van der Waals surface area contributed by atoms with E-state index in [1.165, 1.54) is 0 Å². The Morgan fingerprint density at radius 1 is 1.19 bits per heavy atom. The summed E-state index contributed by atoms with van der Waals surface area (Å²) in [4.78, 5) is 26.1. The van der Waals surface area contributed by atoms with Crippen LogP contribution in [0, 0.1) is 17.2 Å². The van der Waals surface area contributed by atoms with Gasteiger partial charge in [-0.1, -0.05) is 42.5 Å². The Labute approximate surface area is 152 Å². The van der Waals surface area contributed by atoms with Gasteiger partial charge in [-0.15, -0.1) is 0 Å². The molecule has 1 aliphatic rings. The predicted octanol–water partition coefficient (Wildman–Crippen LogP) is 3.17. The quantitative estimate of drug-likeness (QED) is 0.900. The first kappa shape index (κ1) is 17.7. The largest absolute Gasteiger partial charge is 0.481 e. The van der Waals surface area contributed by atoms with Gasteiger partial charge in [-0.2, -0.15) is 5.26 Å². The number of hydrogen-bond acceptors (Lipinski definition) is 3. The summed E-state index contributed by atoms with van der Waals surface area (Å²) in [5.74, 6) is -1.61. The van der Waals surface area contributed by atoms with E-state index in [4.69, 9.17) is 5.26 Å². The first-order chi connectivity index (χ1) is 12.6. The minimum absolute atomic E-state index is 0.0363. The molecule has 1 amide bonds. The Balaban J connectivity index is 1.92. The highest BCUT2D eigenvalue weighted by molar-refractivity contribution is 5.81. The molecule has 1 fully saturated rings. The molecule has 0 saturated carbocycles. The molecular weight excluding hydrogens is 328 g/mol. The van der Waals surface area contributed by atoms with Crippen LogP contribution in [-0.2, 0) is 16.0 Å². The fraction of sp³-hybridized carbons (Fsp3) is 0.286. The molecule has 1 saturated heterocycles. The van der Waals surface area contributed by atoms with Crippen molar-refractivity contribution in [2.24, 2.45) is 5.92 Å². The second-order valence-corrected chi connectivity index (χ2v) is 6.49. The average Bonchev–Trinajstić information content (AvgIpc) is 2.67. The number of nitrogens with zero attached hydrogens (tertiary/aromatic N) is 2. The lowest BCUT2D eigenvalue weighted by Crippen LogP contribution is -2.46. The van der Waals surface area contributed by atoms with E-state index >= 15 is 0 Å². The summed E-state index contributed by atoms with van der Waals surface area (Å²) in [7, 11) is 0. The van der Waals surface area contributed by atoms with Crippen LogP contribution in [0.15, 0.2) is 54.6 Å². The van der Waals surface area contributed by atoms with Crippen LogP contribution in [0.2, 0.25) is 0 Å². The second-order valence-electron chi connectivity index (χ2n) is 6.49. The molecule has 0 aromatic heterocycles. The third-order valence-electron chi connectivity index (χ3n) is 4.87. The van der Waals surface area contributed by atoms with E-state index in [2.05, 4.69) is 6.07 Å². The predicted molar refractivity (Wildman–Crippen MR) is 96.1 cm³/mol. The van der Waals surface area contributed by atoms with Gasteiger partial charge in [0.25, 0.3) is 0 Å². The number of likely N-dealkylation sites (tertiary alicyclic amines) is 1. The van der Waals surface area contributed by atoms with Crippen LogP contribution in [0.4, 0.5) is 0 Å². The van der Waals surface area contributed by atoms with Gasteiger partial charge in [0.2, 0.25) is 5.91 Å². The Kier molecular flexibility index (Phi) is 5.33. The molecule has 0 spiro atoms. The van der Waals surface area contributed by atoms with Crippen LogP contribution in [-0.4, -0.2) is 28.4 Å². The maximum Gasteiger partial charge on any atom is 0.308 e. The number of rotatable bonds is 5. The van der Waals surface area contributed by atoms with Gasteiger partial charge in [0.1, 0.15) is 0 Å². The van der Waals surface area contributed by atoms with E-state index in [0.717, 1.165) is 5.56 Å². The number of benzene rings is 2. The molecule has 1 N–H and O–H groups in total. The summed E-state index contributed by atoms with van der Waals surface area (Å²) in [5.41, 5.74) is 2.27. The first-order valence-electron chi connectivity index (χ1n) is 8.66. The Morgan fingerprint density at radius 2 is 1.96 bits per heavy atom. The molecule has 0 aliphatic carbocycles. The molecule has 2 atom stereocenters. The Bertz CT molecular complexity index is 842. The number of carbonyl (C=O) groups is 2. The van der Waals surface area contributed by atoms with E-state index in [1.807, 2.05) is 30.3 Å². The van der Waals surface area contributed by atoms with Gasteiger partial charge in [0.15, 0.2) is 0 Å². The molecule has 2 aromatic rings. The SMILES string of the molecule is N#Cc1cccc([C@@H]2[C@H](C(=O)O)CCC(=O)N2CCc2ccccc2)c1. The second kappa shape index (κ2) is 7.83. The topological polar surface area (TPSA) is 81.4 Å². The van der Waals surface area contributed by atoms with Crippen molar-refractivity contribution >= 4 is 11.9 Å². The van der Waals surface area contributed by atoms with Crippen LogP contribution in [0.1, 0.15) is 35.6 Å². The molecule has 5 nitrogen and oxygen atoms in total. The summed E-state index contributed by atoms with van der Waals surface area (Å²) >= 11 is 0. The molecule has 1 heterocycles. The zero-order chi connectivity index (χ0) is 18.5. The number of nitriles is 1. The van der Waals surface area contributed by atoms with E-state index in [1.54, 1.807) is 29.2 Å². The van der Waals surface area contributed by atoms with Crippen LogP contribution in [0.5, 0.6) is 0 Å². The Hall–Kier alpha value is -3.13. The number of carboxylic acid groups (broad SMARTS) is 1. The van der Waals surface area contributed by atoms with E-state index < -0.39 is 17.9 Å². The van der Waals surface area contributed by atoms with Crippen LogP contribution < -0.4 is 0 Å². The lowest BCUT2D eigenvalue weighted by Gasteiger charge is -2.40. The number of hydrogen-bond donors (Lipinski definition) is 1. The summed E-state index contributed by atoms with van der Waals surface area (Å²) < 4.78 is 0. The van der Waals surface area contributed by atoms with Crippen molar-refractivity contribution in [1.82, 2.24) is 4.90 Å². The maximum atomic E-state index is 12.6. The molecule has 5 heteroatoms. The maximum absolute atomic E-state index is 12.6. The summed E-state index contributed by atoms with van der Waals surface area (Å²) in [6.07, 6.45) is 1.21. The highest BCUT2D eigenvalue weighted by Gasteiger charge is 2.40. The van der Waals surface area contributed by atoms with Crippen molar-refractivity contribution < 1.29 is 14.7 Å². The lowest BCUT2D eigenvalue weighted by molar-refractivity contribution is -0.152. The van der Waals surface area contributed by atoms with E-state index in [-0.39, 0.29) is 12.3 Å². The van der Waals surface area contributed by atoms with Gasteiger partial charge >= 0.3 is 5.97 Å². The van der Waals surface area contributed by atoms with Gasteiger partial charge in [0, 0.05) is 13.0 Å². The van der Waals surface area contributed by atoms with E-state index in [0.29, 0.717) is 30.5 Å². The van der Waals surface area contributed by atoms with Crippen LogP contribution >= 0.6 is 0 Å². The number of amides is 1. The molecule has 1 aliphatic heterocycles. The third-order valence-corrected chi connectivity index (χ3v) is 4.87. The van der Waals surface area contributed by atoms with Gasteiger partial charge < -0.3 is 10.0 Å². The monoisotopic (exact) mass is 348 g/mol. The van der Waals surface area contributed by atoms with Crippen molar-refractivity contribution in [2.75, 3.05) is 6.54 Å². The molecule has 0 unspecified atom stereocenters. The zero-order valence-electron chi connectivity index (χ0n) is 14.3. The van der Waals surface area contributed by atoms with E-state index in [9.17, 15) is 14.7 Å². The third kappa shape index (κ3) is 3.75. The fourth-order valence-corrected chi connectivity index (χ4v) is 3.57. The van der Waals surface area contributed by atoms with Crippen LogP contribution in [0.25, 0.3) is 0 Å². The standard InChI is InChI=1S/C21H20N2O3/c22-14-16-7-4-8-17(13-16)20-18(21(25)26)9-10-19(24)23(20)12-11-15-5-2-1-3-6-15/h1-8,13,18,20H,9-12H2,(H,25,26)/t18-,20-/m1/s1. The minimum atomic E-state index is -0.908. The highest BCUT2D eigenvalue weighted by atomic mass is 16.4. The van der Waals surface area contributed by atoms with Crippen LogP contribution in [0.3, 0.4) is 0 Å². The number of piperidine rings is 1. The van der Waals surface area contributed by atoms with Crippen molar-refractivity contribution in [3.05, 3.63) is 71.3 Å². The molecule has 26 heavy (non-hydrogen) atoms.